The van der Waals surface area contributed by atoms with Crippen molar-refractivity contribution >= 4 is 39.1 Å². The molecule has 2 aromatic rings. The van der Waals surface area contributed by atoms with Crippen molar-refractivity contribution in [3.63, 3.8) is 0 Å². The van der Waals surface area contributed by atoms with Crippen LogP contribution in [0.3, 0.4) is 0 Å². The van der Waals surface area contributed by atoms with E-state index in [2.05, 4.69) is 5.32 Å². The Kier molecular flexibility index (Phi) is 9.46. The number of anilines is 1. The molecular formula is C24H31ClFN3O4S. The zero-order valence-electron chi connectivity index (χ0n) is 20.0. The van der Waals surface area contributed by atoms with Crippen molar-refractivity contribution in [3.8, 4) is 0 Å². The van der Waals surface area contributed by atoms with Gasteiger partial charge in [0.1, 0.15) is 18.4 Å². The van der Waals surface area contributed by atoms with Gasteiger partial charge in [0.25, 0.3) is 0 Å². The number of benzene rings is 2. The molecule has 2 rings (SSSR count). The van der Waals surface area contributed by atoms with Crippen molar-refractivity contribution in [2.24, 2.45) is 0 Å². The van der Waals surface area contributed by atoms with E-state index in [0.717, 1.165) is 10.6 Å². The van der Waals surface area contributed by atoms with Gasteiger partial charge in [-0.25, -0.2) is 12.8 Å². The largest absolute Gasteiger partial charge is 0.352 e. The third-order valence-electron chi connectivity index (χ3n) is 5.55. The summed E-state index contributed by atoms with van der Waals surface area (Å²) in [5, 5.41) is 3.17. The first kappa shape index (κ1) is 27.6. The van der Waals surface area contributed by atoms with Gasteiger partial charge in [-0.1, -0.05) is 36.7 Å². The minimum Gasteiger partial charge on any atom is -0.352 e. The molecule has 0 aliphatic rings. The number of hydrogen-bond acceptors (Lipinski definition) is 4. The second-order valence-electron chi connectivity index (χ2n) is 8.34. The number of amides is 2. The Balaban J connectivity index is 2.42. The molecule has 1 N–H and O–H groups in total. The van der Waals surface area contributed by atoms with Gasteiger partial charge in [0.05, 0.1) is 11.9 Å². The Morgan fingerprint density at radius 3 is 2.29 bits per heavy atom. The maximum absolute atomic E-state index is 13.5. The van der Waals surface area contributed by atoms with Crippen LogP contribution in [-0.2, 0) is 26.2 Å². The Bertz CT molecular complexity index is 1130. The van der Waals surface area contributed by atoms with Gasteiger partial charge in [-0.3, -0.25) is 13.9 Å². The van der Waals surface area contributed by atoms with Gasteiger partial charge < -0.3 is 10.2 Å². The first-order chi connectivity index (χ1) is 15.8. The fourth-order valence-electron chi connectivity index (χ4n) is 3.28. The lowest BCUT2D eigenvalue weighted by molar-refractivity contribution is -0.139. The number of carbonyl (C=O) groups excluding carboxylic acids is 2. The third-order valence-corrected chi connectivity index (χ3v) is 6.92. The van der Waals surface area contributed by atoms with Crippen molar-refractivity contribution < 1.29 is 22.4 Å². The maximum Gasteiger partial charge on any atom is 0.244 e. The number of aryl methyl sites for hydroxylation is 1. The van der Waals surface area contributed by atoms with Crippen molar-refractivity contribution in [3.05, 3.63) is 64.4 Å². The maximum atomic E-state index is 13.5. The predicted octanol–water partition coefficient (Wildman–Crippen LogP) is 3.89. The smallest absolute Gasteiger partial charge is 0.244 e. The van der Waals surface area contributed by atoms with E-state index in [4.69, 9.17) is 11.6 Å². The monoisotopic (exact) mass is 511 g/mol. The van der Waals surface area contributed by atoms with Gasteiger partial charge in [-0.2, -0.15) is 0 Å². The summed E-state index contributed by atoms with van der Waals surface area (Å²) in [6.45, 7) is 6.54. The average Bonchev–Trinajstić information content (AvgIpc) is 2.77. The molecular weight excluding hydrogens is 481 g/mol. The highest BCUT2D eigenvalue weighted by Crippen LogP contribution is 2.26. The molecule has 2 amide bonds. The zero-order chi connectivity index (χ0) is 25.6. The Morgan fingerprint density at radius 2 is 1.74 bits per heavy atom. The van der Waals surface area contributed by atoms with E-state index in [1.807, 2.05) is 13.8 Å². The van der Waals surface area contributed by atoms with Crippen LogP contribution in [0.5, 0.6) is 0 Å². The molecule has 0 saturated heterocycles. The van der Waals surface area contributed by atoms with Gasteiger partial charge in [0.15, 0.2) is 0 Å². The molecule has 2 atom stereocenters. The standard InChI is InChI=1S/C24H31ClFN3O4S/c1-6-17(3)27-24(31)18(4)28(14-19-8-11-21(26)12-9-19)23(30)15-29(34(5,32)33)22-13-20(25)10-7-16(22)2/h7-13,17-18H,6,14-15H2,1-5H3,(H,27,31)/t17-,18-/m1/s1. The summed E-state index contributed by atoms with van der Waals surface area (Å²) in [4.78, 5) is 27.6. The summed E-state index contributed by atoms with van der Waals surface area (Å²) in [5.74, 6) is -1.38. The molecule has 34 heavy (non-hydrogen) atoms. The van der Waals surface area contributed by atoms with Gasteiger partial charge in [-0.05, 0) is 62.6 Å². The normalized spacial score (nSPS) is 13.1. The van der Waals surface area contributed by atoms with Gasteiger partial charge in [-0.15, -0.1) is 0 Å². The summed E-state index contributed by atoms with van der Waals surface area (Å²) < 4.78 is 39.6. The Hall–Kier alpha value is -2.65. The topological polar surface area (TPSA) is 86.8 Å². The van der Waals surface area contributed by atoms with E-state index in [9.17, 15) is 22.4 Å². The third kappa shape index (κ3) is 7.43. The van der Waals surface area contributed by atoms with Crippen LogP contribution >= 0.6 is 11.6 Å². The highest BCUT2D eigenvalue weighted by molar-refractivity contribution is 7.92. The summed E-state index contributed by atoms with van der Waals surface area (Å²) in [7, 11) is -3.86. The first-order valence-corrected chi connectivity index (χ1v) is 13.1. The van der Waals surface area contributed by atoms with Crippen molar-refractivity contribution in [2.45, 2.75) is 52.7 Å². The second-order valence-corrected chi connectivity index (χ2v) is 10.7. The van der Waals surface area contributed by atoms with Crippen LogP contribution in [0.1, 0.15) is 38.3 Å². The summed E-state index contributed by atoms with van der Waals surface area (Å²) in [6.07, 6.45) is 1.71. The summed E-state index contributed by atoms with van der Waals surface area (Å²) in [5.41, 5.74) is 1.50. The highest BCUT2D eigenvalue weighted by Gasteiger charge is 2.31. The predicted molar refractivity (Wildman–Crippen MR) is 133 cm³/mol. The lowest BCUT2D eigenvalue weighted by Crippen LogP contribution is -2.52. The van der Waals surface area contributed by atoms with E-state index >= 15 is 0 Å². The second kappa shape index (κ2) is 11.7. The van der Waals surface area contributed by atoms with Gasteiger partial charge in [0, 0.05) is 17.6 Å². The van der Waals surface area contributed by atoms with Crippen LogP contribution in [0, 0.1) is 12.7 Å². The average molecular weight is 512 g/mol. The van der Waals surface area contributed by atoms with Crippen LogP contribution in [0.4, 0.5) is 10.1 Å². The number of sulfonamides is 1. The summed E-state index contributed by atoms with van der Waals surface area (Å²) in [6, 6.07) is 9.35. The van der Waals surface area contributed by atoms with Gasteiger partial charge in [0.2, 0.25) is 21.8 Å². The molecule has 2 aromatic carbocycles. The molecule has 0 aliphatic heterocycles. The van der Waals surface area contributed by atoms with Crippen LogP contribution in [0.15, 0.2) is 42.5 Å². The molecule has 0 heterocycles. The van der Waals surface area contributed by atoms with Crippen molar-refractivity contribution in [2.75, 3.05) is 17.1 Å². The number of hydrogen-bond donors (Lipinski definition) is 1. The minimum absolute atomic E-state index is 0.000333. The number of carbonyl (C=O) groups is 2. The van der Waals surface area contributed by atoms with E-state index < -0.39 is 34.3 Å². The Labute approximate surface area is 205 Å². The lowest BCUT2D eigenvalue weighted by atomic mass is 10.1. The van der Waals surface area contributed by atoms with Crippen molar-refractivity contribution in [1.29, 1.82) is 0 Å². The molecule has 0 radical (unpaired) electrons. The minimum atomic E-state index is -3.86. The van der Waals surface area contributed by atoms with E-state index in [0.29, 0.717) is 22.6 Å². The van der Waals surface area contributed by atoms with Crippen LogP contribution < -0.4 is 9.62 Å². The van der Waals surface area contributed by atoms with E-state index in [1.54, 1.807) is 26.0 Å². The van der Waals surface area contributed by atoms with E-state index in [1.165, 1.54) is 35.2 Å². The van der Waals surface area contributed by atoms with Gasteiger partial charge >= 0.3 is 0 Å². The molecule has 0 aromatic heterocycles. The molecule has 7 nitrogen and oxygen atoms in total. The molecule has 0 saturated carbocycles. The number of nitrogens with zero attached hydrogens (tertiary/aromatic N) is 2. The fourth-order valence-corrected chi connectivity index (χ4v) is 4.35. The molecule has 0 bridgehead atoms. The Morgan fingerprint density at radius 1 is 1.12 bits per heavy atom. The first-order valence-electron chi connectivity index (χ1n) is 10.9. The number of rotatable bonds is 10. The fraction of sp³-hybridized carbons (Fsp3) is 0.417. The number of nitrogens with one attached hydrogen (secondary N) is 1. The quantitative estimate of drug-likeness (QED) is 0.524. The summed E-state index contributed by atoms with van der Waals surface area (Å²) >= 11 is 6.08. The van der Waals surface area contributed by atoms with E-state index in [-0.39, 0.29) is 24.2 Å². The SMILES string of the molecule is CC[C@@H](C)NC(=O)[C@@H](C)N(Cc1ccc(F)cc1)C(=O)CN(c1cc(Cl)ccc1C)S(C)(=O)=O. The highest BCUT2D eigenvalue weighted by atomic mass is 35.5. The van der Waals surface area contributed by atoms with Crippen LogP contribution in [0.2, 0.25) is 5.02 Å². The molecule has 0 unspecified atom stereocenters. The molecule has 10 heteroatoms. The van der Waals surface area contributed by atoms with Crippen LogP contribution in [0.25, 0.3) is 0 Å². The molecule has 186 valence electrons. The zero-order valence-corrected chi connectivity index (χ0v) is 21.6. The molecule has 0 spiro atoms. The molecule has 0 fully saturated rings. The van der Waals surface area contributed by atoms with Crippen molar-refractivity contribution in [1.82, 2.24) is 10.2 Å². The van der Waals surface area contributed by atoms with Crippen LogP contribution in [-0.4, -0.2) is 50.0 Å². The molecule has 0 aliphatic carbocycles. The number of halogens is 2. The lowest BCUT2D eigenvalue weighted by Gasteiger charge is -2.32.